The molecule has 0 aliphatic carbocycles. The Balaban J connectivity index is 1.75. The number of thiazole rings is 1. The molecule has 0 bridgehead atoms. The lowest BCUT2D eigenvalue weighted by molar-refractivity contribution is 0.465. The van der Waals surface area contributed by atoms with Gasteiger partial charge in [0.1, 0.15) is 10.8 Å². The van der Waals surface area contributed by atoms with Gasteiger partial charge < -0.3 is 10.4 Å². The number of aromatic hydroxyl groups is 1. The van der Waals surface area contributed by atoms with Crippen molar-refractivity contribution < 1.29 is 5.11 Å². The van der Waals surface area contributed by atoms with Crippen molar-refractivity contribution in [3.63, 3.8) is 0 Å². The van der Waals surface area contributed by atoms with Crippen LogP contribution in [0.3, 0.4) is 0 Å². The summed E-state index contributed by atoms with van der Waals surface area (Å²) in [6.45, 7) is 2.03. The van der Waals surface area contributed by atoms with Gasteiger partial charge in [0.15, 0.2) is 0 Å². The van der Waals surface area contributed by atoms with E-state index in [-0.39, 0.29) is 6.04 Å². The lowest BCUT2D eigenvalue weighted by Gasteiger charge is -2.17. The maximum Gasteiger partial charge on any atom is 0.123 e. The first-order valence-corrected chi connectivity index (χ1v) is 7.66. The second-order valence-corrected chi connectivity index (χ2v) is 5.73. The zero-order valence-corrected chi connectivity index (χ0v) is 12.5. The summed E-state index contributed by atoms with van der Waals surface area (Å²) in [5, 5.41) is 16.3. The smallest absolute Gasteiger partial charge is 0.123 e. The Morgan fingerprint density at radius 1 is 1.10 bits per heavy atom. The summed E-state index contributed by atoms with van der Waals surface area (Å²) >= 11 is 1.63. The lowest BCUT2D eigenvalue weighted by Crippen LogP contribution is -2.06. The van der Waals surface area contributed by atoms with Crippen LogP contribution in [0, 0.1) is 0 Å². The molecule has 1 unspecified atom stereocenters. The summed E-state index contributed by atoms with van der Waals surface area (Å²) in [5.74, 6) is 0.317. The van der Waals surface area contributed by atoms with Crippen molar-refractivity contribution in [2.45, 2.75) is 13.0 Å². The number of phenols is 1. The van der Waals surface area contributed by atoms with E-state index in [4.69, 9.17) is 0 Å². The molecule has 2 N–H and O–H groups in total. The van der Waals surface area contributed by atoms with Gasteiger partial charge in [-0.05, 0) is 37.3 Å². The highest BCUT2D eigenvalue weighted by Crippen LogP contribution is 2.28. The molecule has 0 aliphatic rings. The van der Waals surface area contributed by atoms with Crippen molar-refractivity contribution >= 4 is 17.0 Å². The minimum Gasteiger partial charge on any atom is -0.508 e. The van der Waals surface area contributed by atoms with Crippen LogP contribution in [0.2, 0.25) is 0 Å². The fourth-order valence-corrected chi connectivity index (χ4v) is 2.90. The van der Waals surface area contributed by atoms with Gasteiger partial charge in [0, 0.05) is 28.4 Å². The molecule has 0 fully saturated rings. The highest BCUT2D eigenvalue weighted by molar-refractivity contribution is 7.13. The molecule has 0 radical (unpaired) electrons. The molecule has 3 nitrogen and oxygen atoms in total. The van der Waals surface area contributed by atoms with E-state index in [2.05, 4.69) is 22.4 Å². The van der Waals surface area contributed by atoms with Crippen LogP contribution in [0.15, 0.2) is 60.1 Å². The molecule has 21 heavy (non-hydrogen) atoms. The van der Waals surface area contributed by atoms with Gasteiger partial charge in [0.05, 0.1) is 6.04 Å². The average molecular weight is 296 g/mol. The van der Waals surface area contributed by atoms with E-state index in [0.29, 0.717) is 5.75 Å². The number of hydrogen-bond donors (Lipinski definition) is 2. The summed E-state index contributed by atoms with van der Waals surface area (Å²) < 4.78 is 0. The van der Waals surface area contributed by atoms with E-state index in [1.807, 2.05) is 48.8 Å². The van der Waals surface area contributed by atoms with Gasteiger partial charge in [0.2, 0.25) is 0 Å². The molecule has 0 spiro atoms. The first kappa shape index (κ1) is 13.6. The Kier molecular flexibility index (Phi) is 3.88. The highest BCUT2D eigenvalue weighted by Gasteiger charge is 2.09. The number of hydrogen-bond acceptors (Lipinski definition) is 4. The summed E-state index contributed by atoms with van der Waals surface area (Å²) in [5.41, 5.74) is 3.03. The number of benzene rings is 2. The topological polar surface area (TPSA) is 45.2 Å². The zero-order chi connectivity index (χ0) is 14.7. The maximum absolute atomic E-state index is 9.88. The molecule has 0 aliphatic heterocycles. The Morgan fingerprint density at radius 3 is 2.52 bits per heavy atom. The van der Waals surface area contributed by atoms with Crippen molar-refractivity contribution in [3.05, 3.63) is 65.7 Å². The predicted octanol–water partition coefficient (Wildman–Crippen LogP) is 4.69. The standard InChI is InChI=1S/C17H16N2OS/c1-12(15-4-2-3-5-16(15)20)19-14-8-6-13(7-9-14)17-18-10-11-21-17/h2-12,19-20H,1H3. The number of aromatic nitrogens is 1. The van der Waals surface area contributed by atoms with Gasteiger partial charge >= 0.3 is 0 Å². The van der Waals surface area contributed by atoms with E-state index >= 15 is 0 Å². The average Bonchev–Trinajstić information content (AvgIpc) is 3.02. The third kappa shape index (κ3) is 3.06. The predicted molar refractivity (Wildman–Crippen MR) is 87.7 cm³/mol. The number of rotatable bonds is 4. The van der Waals surface area contributed by atoms with E-state index in [1.165, 1.54) is 0 Å². The van der Waals surface area contributed by atoms with Crippen molar-refractivity contribution in [3.8, 4) is 16.3 Å². The minimum absolute atomic E-state index is 0.0388. The molecule has 0 saturated heterocycles. The molecule has 2 aromatic carbocycles. The monoisotopic (exact) mass is 296 g/mol. The van der Waals surface area contributed by atoms with Crippen LogP contribution in [-0.4, -0.2) is 10.1 Å². The van der Waals surface area contributed by atoms with E-state index in [9.17, 15) is 5.11 Å². The van der Waals surface area contributed by atoms with Crippen molar-refractivity contribution in [1.29, 1.82) is 0 Å². The van der Waals surface area contributed by atoms with Crippen LogP contribution >= 0.6 is 11.3 Å². The van der Waals surface area contributed by atoms with Crippen LogP contribution in [0.1, 0.15) is 18.5 Å². The van der Waals surface area contributed by atoms with Gasteiger partial charge in [-0.15, -0.1) is 11.3 Å². The molecule has 3 aromatic rings. The third-order valence-electron chi connectivity index (χ3n) is 3.35. The number of phenolic OH excluding ortho intramolecular Hbond substituents is 1. The van der Waals surface area contributed by atoms with Crippen molar-refractivity contribution in [1.82, 2.24) is 4.98 Å². The van der Waals surface area contributed by atoms with Crippen molar-refractivity contribution in [2.75, 3.05) is 5.32 Å². The number of para-hydroxylation sites is 1. The number of nitrogens with zero attached hydrogens (tertiary/aromatic N) is 1. The van der Waals surface area contributed by atoms with E-state index in [1.54, 1.807) is 17.4 Å². The van der Waals surface area contributed by atoms with E-state index < -0.39 is 0 Å². The van der Waals surface area contributed by atoms with Crippen molar-refractivity contribution in [2.24, 2.45) is 0 Å². The molecule has 4 heteroatoms. The molecule has 0 amide bonds. The van der Waals surface area contributed by atoms with Gasteiger partial charge in [-0.2, -0.15) is 0 Å². The summed E-state index contributed by atoms with van der Waals surface area (Å²) in [7, 11) is 0. The Bertz CT molecular complexity index is 708. The normalized spacial score (nSPS) is 12.0. The van der Waals surface area contributed by atoms with Crippen LogP contribution in [0.5, 0.6) is 5.75 Å². The SMILES string of the molecule is CC(Nc1ccc(-c2nccs2)cc1)c1ccccc1O. The van der Waals surface area contributed by atoms with Crippen LogP contribution in [-0.2, 0) is 0 Å². The van der Waals surface area contributed by atoms with Gasteiger partial charge in [-0.25, -0.2) is 4.98 Å². The van der Waals surface area contributed by atoms with Gasteiger partial charge in [0.25, 0.3) is 0 Å². The molecule has 106 valence electrons. The highest BCUT2D eigenvalue weighted by atomic mass is 32.1. The van der Waals surface area contributed by atoms with Crippen LogP contribution in [0.25, 0.3) is 10.6 Å². The fraction of sp³-hybridized carbons (Fsp3) is 0.118. The molecular formula is C17H16N2OS. The van der Waals surface area contributed by atoms with E-state index in [0.717, 1.165) is 21.8 Å². The Hall–Kier alpha value is -2.33. The third-order valence-corrected chi connectivity index (χ3v) is 4.17. The zero-order valence-electron chi connectivity index (χ0n) is 11.7. The first-order chi connectivity index (χ1) is 10.2. The molecule has 1 heterocycles. The first-order valence-electron chi connectivity index (χ1n) is 6.78. The molecule has 0 saturated carbocycles. The molecule has 3 rings (SSSR count). The van der Waals surface area contributed by atoms with Crippen LogP contribution in [0.4, 0.5) is 5.69 Å². The van der Waals surface area contributed by atoms with Crippen LogP contribution < -0.4 is 5.32 Å². The minimum atomic E-state index is 0.0388. The van der Waals surface area contributed by atoms with Gasteiger partial charge in [-0.3, -0.25) is 0 Å². The quantitative estimate of drug-likeness (QED) is 0.734. The lowest BCUT2D eigenvalue weighted by atomic mass is 10.1. The molecule has 1 aromatic heterocycles. The fourth-order valence-electron chi connectivity index (χ4n) is 2.26. The summed E-state index contributed by atoms with van der Waals surface area (Å²) in [6, 6.07) is 15.6. The molecular weight excluding hydrogens is 280 g/mol. The number of anilines is 1. The second-order valence-electron chi connectivity index (χ2n) is 4.84. The molecule has 1 atom stereocenters. The maximum atomic E-state index is 9.88. The summed E-state index contributed by atoms with van der Waals surface area (Å²) in [4.78, 5) is 4.30. The Morgan fingerprint density at radius 2 is 1.86 bits per heavy atom. The largest absolute Gasteiger partial charge is 0.508 e. The summed E-state index contributed by atoms with van der Waals surface area (Å²) in [6.07, 6.45) is 1.81. The van der Waals surface area contributed by atoms with Gasteiger partial charge in [-0.1, -0.05) is 18.2 Å². The Labute approximate surface area is 127 Å². The number of nitrogens with one attached hydrogen (secondary N) is 1. The second kappa shape index (κ2) is 5.97.